The number of rotatable bonds is 7. The average molecular weight is 172 g/mol. The highest BCUT2D eigenvalue weighted by atomic mass is 16.3. The van der Waals surface area contributed by atoms with Crippen LogP contribution in [0.2, 0.25) is 0 Å². The van der Waals surface area contributed by atoms with Crippen molar-refractivity contribution in [1.82, 2.24) is 0 Å². The Balaban J connectivity index is 3.19. The summed E-state index contributed by atoms with van der Waals surface area (Å²) >= 11 is 0. The summed E-state index contributed by atoms with van der Waals surface area (Å²) in [5.41, 5.74) is 0. The van der Waals surface area contributed by atoms with E-state index in [0.717, 1.165) is 12.8 Å². The van der Waals surface area contributed by atoms with Gasteiger partial charge in [-0.2, -0.15) is 0 Å². The summed E-state index contributed by atoms with van der Waals surface area (Å²) in [5, 5.41) is 9.30. The number of aliphatic hydroxyl groups is 1. The third kappa shape index (κ3) is 7.73. The Morgan fingerprint density at radius 3 is 2.50 bits per heavy atom. The molecule has 2 heteroatoms. The van der Waals surface area contributed by atoms with Gasteiger partial charge in [0.2, 0.25) is 0 Å². The summed E-state index contributed by atoms with van der Waals surface area (Å²) in [6.45, 7) is 3.68. The van der Waals surface area contributed by atoms with Gasteiger partial charge in [0.15, 0.2) is 0 Å². The molecule has 0 bridgehead atoms. The van der Waals surface area contributed by atoms with E-state index in [1.54, 1.807) is 0 Å². The van der Waals surface area contributed by atoms with Gasteiger partial charge in [-0.1, -0.05) is 32.6 Å². The highest BCUT2D eigenvalue weighted by Gasteiger charge is 2.05. The Morgan fingerprint density at radius 1 is 1.33 bits per heavy atom. The number of hydrogen-bond donors (Lipinski definition) is 1. The number of Topliss-reactive ketones (excluding diaryl/α,β-unsaturated/α-hetero) is 1. The van der Waals surface area contributed by atoms with Gasteiger partial charge in [-0.15, -0.1) is 0 Å². The molecule has 1 atom stereocenters. The zero-order valence-electron chi connectivity index (χ0n) is 8.18. The lowest BCUT2D eigenvalue weighted by atomic mass is 10.1. The van der Waals surface area contributed by atoms with E-state index in [9.17, 15) is 9.90 Å². The van der Waals surface area contributed by atoms with Crippen molar-refractivity contribution >= 4 is 5.78 Å². The molecule has 0 saturated carbocycles. The van der Waals surface area contributed by atoms with Crippen molar-refractivity contribution in [2.75, 3.05) is 0 Å². The minimum absolute atomic E-state index is 0.0815. The van der Waals surface area contributed by atoms with E-state index in [1.165, 1.54) is 26.2 Å². The summed E-state index contributed by atoms with van der Waals surface area (Å²) in [4.78, 5) is 10.6. The summed E-state index contributed by atoms with van der Waals surface area (Å²) in [5.74, 6) is 0.0815. The maximum Gasteiger partial charge on any atom is 0.132 e. The van der Waals surface area contributed by atoms with Gasteiger partial charge < -0.3 is 5.11 Å². The summed E-state index contributed by atoms with van der Waals surface area (Å²) in [7, 11) is 0. The Labute approximate surface area is 75.0 Å². The van der Waals surface area contributed by atoms with Crippen LogP contribution in [0.15, 0.2) is 0 Å². The van der Waals surface area contributed by atoms with Gasteiger partial charge in [-0.05, 0) is 13.3 Å². The quantitative estimate of drug-likeness (QED) is 0.598. The Morgan fingerprint density at radius 2 is 2.00 bits per heavy atom. The lowest BCUT2D eigenvalue weighted by Gasteiger charge is -2.07. The highest BCUT2D eigenvalue weighted by Crippen LogP contribution is 2.07. The minimum Gasteiger partial charge on any atom is -0.393 e. The van der Waals surface area contributed by atoms with Gasteiger partial charge >= 0.3 is 0 Å². The predicted octanol–water partition coefficient (Wildman–Crippen LogP) is 2.30. The smallest absolute Gasteiger partial charge is 0.132 e. The third-order valence-corrected chi connectivity index (χ3v) is 1.91. The van der Waals surface area contributed by atoms with Crippen LogP contribution in [0.3, 0.4) is 0 Å². The van der Waals surface area contributed by atoms with Crippen LogP contribution in [0.4, 0.5) is 0 Å². The summed E-state index contributed by atoms with van der Waals surface area (Å²) in [6, 6.07) is 0. The fourth-order valence-electron chi connectivity index (χ4n) is 1.24. The highest BCUT2D eigenvalue weighted by molar-refractivity contribution is 5.75. The Hall–Kier alpha value is -0.370. The average Bonchev–Trinajstić information content (AvgIpc) is 1.97. The number of carbonyl (C=O) groups excluding carboxylic acids is 1. The molecule has 72 valence electrons. The van der Waals surface area contributed by atoms with Crippen LogP contribution in [-0.2, 0) is 4.79 Å². The van der Waals surface area contributed by atoms with Gasteiger partial charge in [-0.3, -0.25) is 4.79 Å². The van der Waals surface area contributed by atoms with Gasteiger partial charge in [0.1, 0.15) is 5.78 Å². The molecule has 0 aliphatic heterocycles. The summed E-state index contributed by atoms with van der Waals surface area (Å²) in [6.07, 6.45) is 5.36. The van der Waals surface area contributed by atoms with E-state index in [2.05, 4.69) is 6.92 Å². The van der Waals surface area contributed by atoms with Crippen molar-refractivity contribution < 1.29 is 9.90 Å². The second-order valence-electron chi connectivity index (χ2n) is 3.41. The van der Waals surface area contributed by atoms with Crippen molar-refractivity contribution in [2.24, 2.45) is 0 Å². The molecule has 0 heterocycles. The zero-order chi connectivity index (χ0) is 9.40. The van der Waals surface area contributed by atoms with Gasteiger partial charge in [0.05, 0.1) is 6.10 Å². The molecular formula is C10H20O2. The molecule has 0 aliphatic carbocycles. The normalized spacial score (nSPS) is 12.9. The molecule has 2 nitrogen and oxygen atoms in total. The van der Waals surface area contributed by atoms with Crippen LogP contribution in [0.25, 0.3) is 0 Å². The number of carbonyl (C=O) groups is 1. The first-order chi connectivity index (χ1) is 5.66. The monoisotopic (exact) mass is 172 g/mol. The molecule has 1 unspecified atom stereocenters. The van der Waals surface area contributed by atoms with Crippen LogP contribution in [0, 0.1) is 0 Å². The van der Waals surface area contributed by atoms with Crippen LogP contribution in [0.5, 0.6) is 0 Å². The second-order valence-corrected chi connectivity index (χ2v) is 3.41. The largest absolute Gasteiger partial charge is 0.393 e. The maximum atomic E-state index is 10.6. The fourth-order valence-corrected chi connectivity index (χ4v) is 1.24. The van der Waals surface area contributed by atoms with Crippen molar-refractivity contribution in [3.05, 3.63) is 0 Å². The third-order valence-electron chi connectivity index (χ3n) is 1.91. The molecule has 0 saturated heterocycles. The molecule has 12 heavy (non-hydrogen) atoms. The van der Waals surface area contributed by atoms with Gasteiger partial charge in [-0.25, -0.2) is 0 Å². The number of hydrogen-bond acceptors (Lipinski definition) is 2. The maximum absolute atomic E-state index is 10.6. The first-order valence-corrected chi connectivity index (χ1v) is 4.84. The van der Waals surface area contributed by atoms with Gasteiger partial charge in [0.25, 0.3) is 0 Å². The lowest BCUT2D eigenvalue weighted by molar-refractivity contribution is -0.118. The number of aliphatic hydroxyl groups excluding tert-OH is 1. The molecule has 0 aliphatic rings. The minimum atomic E-state index is -0.403. The van der Waals surface area contributed by atoms with Crippen molar-refractivity contribution in [3.63, 3.8) is 0 Å². The zero-order valence-corrected chi connectivity index (χ0v) is 8.18. The van der Waals surface area contributed by atoms with E-state index in [4.69, 9.17) is 0 Å². The van der Waals surface area contributed by atoms with E-state index < -0.39 is 6.10 Å². The lowest BCUT2D eigenvalue weighted by Crippen LogP contribution is -2.10. The molecule has 1 N–H and O–H groups in total. The first kappa shape index (κ1) is 11.6. The first-order valence-electron chi connectivity index (χ1n) is 4.84. The van der Waals surface area contributed by atoms with E-state index >= 15 is 0 Å². The van der Waals surface area contributed by atoms with Gasteiger partial charge in [0, 0.05) is 6.42 Å². The SMILES string of the molecule is CCCCCCC(O)CC(C)=O. The summed E-state index contributed by atoms with van der Waals surface area (Å²) < 4.78 is 0. The molecule has 0 aromatic carbocycles. The topological polar surface area (TPSA) is 37.3 Å². The van der Waals surface area contributed by atoms with Crippen LogP contribution in [0.1, 0.15) is 52.4 Å². The standard InChI is InChI=1S/C10H20O2/c1-3-4-5-6-7-10(12)8-9(2)11/h10,12H,3-8H2,1-2H3. The van der Waals surface area contributed by atoms with Crippen LogP contribution >= 0.6 is 0 Å². The van der Waals surface area contributed by atoms with E-state index in [1.807, 2.05) is 0 Å². The van der Waals surface area contributed by atoms with Crippen molar-refractivity contribution in [2.45, 2.75) is 58.5 Å². The number of unbranched alkanes of at least 4 members (excludes halogenated alkanes) is 3. The molecule has 0 radical (unpaired) electrons. The fraction of sp³-hybridized carbons (Fsp3) is 0.900. The van der Waals surface area contributed by atoms with Crippen molar-refractivity contribution in [3.8, 4) is 0 Å². The van der Waals surface area contributed by atoms with E-state index in [0.29, 0.717) is 6.42 Å². The second kappa shape index (κ2) is 7.29. The van der Waals surface area contributed by atoms with Crippen molar-refractivity contribution in [1.29, 1.82) is 0 Å². The molecule has 0 spiro atoms. The Kier molecular flexibility index (Phi) is 7.06. The van der Waals surface area contributed by atoms with E-state index in [-0.39, 0.29) is 5.78 Å². The molecule has 0 aromatic heterocycles. The van der Waals surface area contributed by atoms with Crippen LogP contribution in [-0.4, -0.2) is 17.0 Å². The predicted molar refractivity (Wildman–Crippen MR) is 50.1 cm³/mol. The molecule has 0 rings (SSSR count). The number of ketones is 1. The van der Waals surface area contributed by atoms with Crippen LogP contribution < -0.4 is 0 Å². The Bertz CT molecular complexity index is 121. The molecular weight excluding hydrogens is 152 g/mol. The molecule has 0 aromatic rings. The molecule has 0 fully saturated rings. The molecule has 0 amide bonds.